The maximum absolute atomic E-state index is 16.3. The van der Waals surface area contributed by atoms with Crippen LogP contribution in [0, 0.1) is 0 Å². The van der Waals surface area contributed by atoms with Gasteiger partial charge in [-0.2, -0.15) is 48.3 Å². The molecule has 1 aliphatic carbocycles. The Labute approximate surface area is 213 Å². The Kier molecular flexibility index (Phi) is 9.25. The second-order valence-corrected chi connectivity index (χ2v) is 11.4. The monoisotopic (exact) mass is 612 g/mol. The van der Waals surface area contributed by atoms with E-state index in [0.717, 1.165) is 26.0 Å². The van der Waals surface area contributed by atoms with Crippen LogP contribution in [0.15, 0.2) is 42.2 Å². The summed E-state index contributed by atoms with van der Waals surface area (Å²) in [6.45, 7) is -1.38. The van der Waals surface area contributed by atoms with Crippen molar-refractivity contribution in [1.29, 1.82) is 0 Å². The summed E-state index contributed by atoms with van der Waals surface area (Å²) in [5.74, 6) is -35.5. The van der Waals surface area contributed by atoms with Crippen molar-refractivity contribution >= 4 is 8.56 Å². The van der Waals surface area contributed by atoms with Crippen molar-refractivity contribution in [3.05, 3.63) is 47.8 Å². The molecule has 1 saturated carbocycles. The van der Waals surface area contributed by atoms with Crippen molar-refractivity contribution < 1.29 is 75.4 Å². The van der Waals surface area contributed by atoms with Gasteiger partial charge in [-0.05, 0) is 26.0 Å². The van der Waals surface area contributed by atoms with Gasteiger partial charge < -0.3 is 18.3 Å². The van der Waals surface area contributed by atoms with Gasteiger partial charge in [-0.25, -0.2) is 8.78 Å². The molecule has 0 aromatic heterocycles. The topological polar surface area (TPSA) is 36.9 Å². The Morgan fingerprint density at radius 3 is 1.74 bits per heavy atom. The molecule has 1 aliphatic rings. The molecule has 18 heteroatoms. The van der Waals surface area contributed by atoms with Crippen LogP contribution in [0.5, 0.6) is 0 Å². The lowest BCUT2D eigenvalue weighted by Gasteiger charge is -2.55. The molecule has 0 aliphatic heterocycles. The summed E-state index contributed by atoms with van der Waals surface area (Å²) < 4.78 is 206. The summed E-state index contributed by atoms with van der Waals surface area (Å²) in [6, 6.07) is 6.12. The van der Waals surface area contributed by atoms with Crippen molar-refractivity contribution in [3.8, 4) is 0 Å². The molecule has 0 amide bonds. The highest BCUT2D eigenvalue weighted by Gasteiger charge is 2.99. The summed E-state index contributed by atoms with van der Waals surface area (Å²) in [7, 11) is -6.86. The van der Waals surface area contributed by atoms with E-state index in [1.165, 1.54) is 18.2 Å². The summed E-state index contributed by atoms with van der Waals surface area (Å²) in [5, 5.41) is -6.21. The third kappa shape index (κ3) is 4.85. The number of halogens is 13. The zero-order chi connectivity index (χ0) is 30.3. The fourth-order valence-corrected chi connectivity index (χ4v) is 6.70. The van der Waals surface area contributed by atoms with Gasteiger partial charge in [0.1, 0.15) is 0 Å². The van der Waals surface area contributed by atoms with Gasteiger partial charge in [0, 0.05) is 0 Å². The van der Waals surface area contributed by atoms with E-state index in [9.17, 15) is 43.9 Å². The Morgan fingerprint density at radius 2 is 1.31 bits per heavy atom. The predicted molar refractivity (Wildman–Crippen MR) is 109 cm³/mol. The molecule has 39 heavy (non-hydrogen) atoms. The van der Waals surface area contributed by atoms with Gasteiger partial charge in [-0.1, -0.05) is 30.3 Å². The van der Waals surface area contributed by atoms with E-state index in [0.29, 0.717) is 0 Å². The van der Waals surface area contributed by atoms with Gasteiger partial charge in [0.2, 0.25) is 6.17 Å². The highest BCUT2D eigenvalue weighted by atomic mass is 28.4. The van der Waals surface area contributed by atoms with Crippen molar-refractivity contribution in [2.45, 2.75) is 68.1 Å². The van der Waals surface area contributed by atoms with Gasteiger partial charge in [-0.3, -0.25) is 0 Å². The second-order valence-electron chi connectivity index (χ2n) is 8.24. The number of rotatable bonds is 11. The maximum Gasteiger partial charge on any atom is 0.389 e. The van der Waals surface area contributed by atoms with Gasteiger partial charge in [0.05, 0.1) is 19.8 Å². The average molecular weight is 612 g/mol. The lowest BCUT2D eigenvalue weighted by atomic mass is 9.82. The van der Waals surface area contributed by atoms with E-state index in [2.05, 4.69) is 13.9 Å². The normalized spacial score (nSPS) is 27.0. The molecule has 0 heterocycles. The van der Waals surface area contributed by atoms with Crippen LogP contribution < -0.4 is 0 Å². The predicted octanol–water partition coefficient (Wildman–Crippen LogP) is 7.24. The Bertz CT molecular complexity index is 1030. The van der Waals surface area contributed by atoms with Gasteiger partial charge in [0.15, 0.2) is 0 Å². The summed E-state index contributed by atoms with van der Waals surface area (Å²) in [5.41, 5.74) is -0.159. The number of hydrogen-bond acceptors (Lipinski definition) is 4. The maximum atomic E-state index is 16.3. The van der Waals surface area contributed by atoms with E-state index in [1.54, 1.807) is 0 Å². The van der Waals surface area contributed by atoms with E-state index in [4.69, 9.17) is 4.43 Å². The summed E-state index contributed by atoms with van der Waals surface area (Å²) >= 11 is 0. The Hall–Kier alpha value is -1.89. The molecular weight excluding hydrogens is 591 g/mol. The van der Waals surface area contributed by atoms with Gasteiger partial charge in [0.25, 0.3) is 11.1 Å². The molecule has 3 atom stereocenters. The highest BCUT2D eigenvalue weighted by Crippen LogP contribution is 2.67. The molecule has 1 aromatic carbocycles. The first-order valence-corrected chi connectivity index (χ1v) is 13.2. The molecule has 0 saturated heterocycles. The number of benzene rings is 1. The van der Waals surface area contributed by atoms with Crippen LogP contribution in [-0.2, 0) is 24.9 Å². The third-order valence-electron chi connectivity index (χ3n) is 5.78. The minimum Gasteiger partial charge on any atom is -0.388 e. The largest absolute Gasteiger partial charge is 0.389 e. The third-order valence-corrected chi connectivity index (χ3v) is 9.03. The first kappa shape index (κ1) is 33.3. The number of ether oxygens (including phenoxy) is 2. The molecular formula is C21H21F13O4Si. The molecule has 0 spiro atoms. The van der Waals surface area contributed by atoms with Crippen LogP contribution in [-0.4, -0.2) is 62.9 Å². The first-order chi connectivity index (χ1) is 17.7. The van der Waals surface area contributed by atoms with Crippen LogP contribution in [0.2, 0.25) is 6.55 Å². The molecule has 2 rings (SSSR count). The zero-order valence-corrected chi connectivity index (χ0v) is 21.1. The second kappa shape index (κ2) is 10.8. The highest BCUT2D eigenvalue weighted by molar-refractivity contribution is 6.70. The number of alkyl halides is 10. The standard InChI is InChI=1S/C21H21F13O4Si/c1-4-35-18(36-5-2,13(22)14(23)24)38-39(3,37-11-12-9-7-6-8-10-12)17(28)15(25)16(26,27)19(29,30)21(33,34)20(17,31)32/h6-10,15H,4-5,11H2,1-3H3. The molecule has 1 aromatic rings. The van der Waals surface area contributed by atoms with E-state index in [-0.39, 0.29) is 12.1 Å². The summed E-state index contributed by atoms with van der Waals surface area (Å²) in [4.78, 5) is 0. The minimum atomic E-state index is -7.31. The molecule has 0 radical (unpaired) electrons. The number of hydrogen-bond donors (Lipinski definition) is 0. The quantitative estimate of drug-likeness (QED) is 0.150. The minimum absolute atomic E-state index is 0.151. The van der Waals surface area contributed by atoms with Gasteiger partial charge >= 0.3 is 44.3 Å². The van der Waals surface area contributed by atoms with E-state index < -0.39 is 81.4 Å². The molecule has 224 valence electrons. The SMILES string of the molecule is CCOC(OCC)(O[Si](C)(OCc1ccccc1)C1(F)C(F)C(F)(F)C(F)(F)C(F)(F)C1(F)F)C(F)=C(F)F. The summed E-state index contributed by atoms with van der Waals surface area (Å²) in [6.07, 6.45) is -8.87. The van der Waals surface area contributed by atoms with Crippen LogP contribution in [0.25, 0.3) is 0 Å². The smallest absolute Gasteiger partial charge is 0.388 e. The van der Waals surface area contributed by atoms with Crippen LogP contribution >= 0.6 is 0 Å². The van der Waals surface area contributed by atoms with E-state index >= 15 is 13.2 Å². The lowest BCUT2D eigenvalue weighted by Crippen LogP contribution is -2.87. The molecule has 0 bridgehead atoms. The lowest BCUT2D eigenvalue weighted by molar-refractivity contribution is -0.436. The fourth-order valence-electron chi connectivity index (χ4n) is 3.75. The molecule has 3 unspecified atom stereocenters. The van der Waals surface area contributed by atoms with Crippen molar-refractivity contribution in [1.82, 2.24) is 0 Å². The molecule has 0 N–H and O–H groups in total. The van der Waals surface area contributed by atoms with Crippen molar-refractivity contribution in [3.63, 3.8) is 0 Å². The van der Waals surface area contributed by atoms with Crippen LogP contribution in [0.3, 0.4) is 0 Å². The molecule has 1 fully saturated rings. The average Bonchev–Trinajstić information content (AvgIpc) is 2.85. The van der Waals surface area contributed by atoms with E-state index in [1.807, 2.05) is 0 Å². The van der Waals surface area contributed by atoms with Crippen molar-refractivity contribution in [2.24, 2.45) is 0 Å². The van der Waals surface area contributed by atoms with Crippen LogP contribution in [0.1, 0.15) is 19.4 Å². The Balaban J connectivity index is 2.92. The van der Waals surface area contributed by atoms with Gasteiger partial charge in [-0.15, -0.1) is 0 Å². The zero-order valence-electron chi connectivity index (χ0n) is 20.1. The fraction of sp³-hybridized carbons (Fsp3) is 0.619. The first-order valence-electron chi connectivity index (χ1n) is 10.9. The van der Waals surface area contributed by atoms with Crippen LogP contribution in [0.4, 0.5) is 57.1 Å². The molecule has 4 nitrogen and oxygen atoms in total. The van der Waals surface area contributed by atoms with Crippen molar-refractivity contribution in [2.75, 3.05) is 13.2 Å². The Morgan fingerprint density at radius 1 is 0.821 bits per heavy atom.